The lowest BCUT2D eigenvalue weighted by atomic mass is 10.00. The van der Waals surface area contributed by atoms with Gasteiger partial charge >= 0.3 is 0 Å². The van der Waals surface area contributed by atoms with Crippen LogP contribution in [0.15, 0.2) is 48.5 Å². The van der Waals surface area contributed by atoms with Crippen molar-refractivity contribution in [2.75, 3.05) is 13.2 Å². The van der Waals surface area contributed by atoms with Gasteiger partial charge < -0.3 is 15.2 Å². The zero-order chi connectivity index (χ0) is 17.4. The number of rotatable bonds is 8. The summed E-state index contributed by atoms with van der Waals surface area (Å²) >= 11 is 0. The van der Waals surface area contributed by atoms with Crippen LogP contribution in [0.4, 0.5) is 4.39 Å². The Balaban J connectivity index is 1.92. The highest BCUT2D eigenvalue weighted by Gasteiger charge is 2.15. The second-order valence-corrected chi connectivity index (χ2v) is 5.59. The molecule has 128 valence electrons. The van der Waals surface area contributed by atoms with E-state index in [4.69, 9.17) is 9.84 Å². The normalized spacial score (nSPS) is 11.8. The molecule has 1 unspecified atom stereocenters. The molecular formula is C19H22FNO3. The van der Waals surface area contributed by atoms with Gasteiger partial charge in [-0.1, -0.05) is 43.3 Å². The van der Waals surface area contributed by atoms with Crippen LogP contribution in [0.3, 0.4) is 0 Å². The number of amides is 1. The third-order valence-corrected chi connectivity index (χ3v) is 3.71. The highest BCUT2D eigenvalue weighted by molar-refractivity contribution is 5.78. The van der Waals surface area contributed by atoms with Crippen LogP contribution in [0.5, 0.6) is 5.75 Å². The highest BCUT2D eigenvalue weighted by Crippen LogP contribution is 2.18. The topological polar surface area (TPSA) is 58.6 Å². The summed E-state index contributed by atoms with van der Waals surface area (Å²) in [5.41, 5.74) is 1.37. The SMILES string of the molecule is CC(Cc1ccccc1F)C(=O)NCc1ccccc1OCCO. The van der Waals surface area contributed by atoms with Crippen molar-refractivity contribution in [2.45, 2.75) is 19.9 Å². The minimum Gasteiger partial charge on any atom is -0.491 e. The van der Waals surface area contributed by atoms with Crippen LogP contribution in [0.1, 0.15) is 18.1 Å². The molecule has 0 heterocycles. The molecule has 0 aliphatic carbocycles. The lowest BCUT2D eigenvalue weighted by Crippen LogP contribution is -2.30. The van der Waals surface area contributed by atoms with Gasteiger partial charge in [0.2, 0.25) is 5.91 Å². The summed E-state index contributed by atoms with van der Waals surface area (Å²) < 4.78 is 19.1. The van der Waals surface area contributed by atoms with E-state index in [2.05, 4.69) is 5.32 Å². The Morgan fingerprint density at radius 1 is 1.17 bits per heavy atom. The maximum atomic E-state index is 13.7. The van der Waals surface area contributed by atoms with E-state index in [1.165, 1.54) is 6.07 Å². The Labute approximate surface area is 141 Å². The summed E-state index contributed by atoms with van der Waals surface area (Å²) in [6.07, 6.45) is 0.348. The largest absolute Gasteiger partial charge is 0.491 e. The molecule has 1 amide bonds. The summed E-state index contributed by atoms with van der Waals surface area (Å²) in [7, 11) is 0. The number of hydrogen-bond acceptors (Lipinski definition) is 3. The average Bonchev–Trinajstić information content (AvgIpc) is 2.60. The quantitative estimate of drug-likeness (QED) is 0.782. The summed E-state index contributed by atoms with van der Waals surface area (Å²) in [5.74, 6) is -0.142. The van der Waals surface area contributed by atoms with Crippen molar-refractivity contribution in [2.24, 2.45) is 5.92 Å². The van der Waals surface area contributed by atoms with Gasteiger partial charge in [0.05, 0.1) is 6.61 Å². The van der Waals surface area contributed by atoms with E-state index < -0.39 is 0 Å². The zero-order valence-electron chi connectivity index (χ0n) is 13.7. The van der Waals surface area contributed by atoms with Gasteiger partial charge in [-0.25, -0.2) is 4.39 Å². The molecule has 0 aliphatic heterocycles. The monoisotopic (exact) mass is 331 g/mol. The molecule has 0 fully saturated rings. The Hall–Kier alpha value is -2.40. The third-order valence-electron chi connectivity index (χ3n) is 3.71. The molecule has 1 atom stereocenters. The van der Waals surface area contributed by atoms with Gasteiger partial charge in [0, 0.05) is 18.0 Å². The average molecular weight is 331 g/mol. The molecule has 0 spiro atoms. The number of aliphatic hydroxyl groups is 1. The van der Waals surface area contributed by atoms with Crippen LogP contribution in [-0.2, 0) is 17.8 Å². The molecule has 5 heteroatoms. The van der Waals surface area contributed by atoms with Crippen LogP contribution in [-0.4, -0.2) is 24.2 Å². The van der Waals surface area contributed by atoms with Crippen molar-refractivity contribution < 1.29 is 19.0 Å². The van der Waals surface area contributed by atoms with Crippen molar-refractivity contribution in [1.29, 1.82) is 0 Å². The number of hydrogen-bond donors (Lipinski definition) is 2. The van der Waals surface area contributed by atoms with Gasteiger partial charge in [-0.05, 0) is 24.1 Å². The van der Waals surface area contributed by atoms with Crippen LogP contribution in [0, 0.1) is 11.7 Å². The molecule has 0 saturated carbocycles. The van der Waals surface area contributed by atoms with Crippen molar-refractivity contribution >= 4 is 5.91 Å². The number of ether oxygens (including phenoxy) is 1. The zero-order valence-corrected chi connectivity index (χ0v) is 13.7. The smallest absolute Gasteiger partial charge is 0.223 e. The van der Waals surface area contributed by atoms with Gasteiger partial charge in [-0.2, -0.15) is 0 Å². The van der Waals surface area contributed by atoms with E-state index in [1.807, 2.05) is 18.2 Å². The Morgan fingerprint density at radius 2 is 1.83 bits per heavy atom. The third kappa shape index (κ3) is 5.06. The molecule has 24 heavy (non-hydrogen) atoms. The molecule has 0 radical (unpaired) electrons. The Bertz CT molecular complexity index is 675. The molecule has 0 bridgehead atoms. The second-order valence-electron chi connectivity index (χ2n) is 5.59. The van der Waals surface area contributed by atoms with Gasteiger partial charge in [0.1, 0.15) is 18.2 Å². The number of aliphatic hydroxyl groups excluding tert-OH is 1. The lowest BCUT2D eigenvalue weighted by Gasteiger charge is -2.15. The first-order valence-electron chi connectivity index (χ1n) is 7.94. The maximum absolute atomic E-state index is 13.7. The van der Waals surface area contributed by atoms with Crippen LogP contribution >= 0.6 is 0 Å². The van der Waals surface area contributed by atoms with Crippen LogP contribution in [0.25, 0.3) is 0 Å². The van der Waals surface area contributed by atoms with Crippen molar-refractivity contribution in [1.82, 2.24) is 5.32 Å². The lowest BCUT2D eigenvalue weighted by molar-refractivity contribution is -0.124. The van der Waals surface area contributed by atoms with Crippen molar-refractivity contribution in [3.63, 3.8) is 0 Å². The summed E-state index contributed by atoms with van der Waals surface area (Å²) in [6.45, 7) is 2.23. The second kappa shape index (κ2) is 9.03. The Kier molecular flexibility index (Phi) is 6.75. The molecule has 2 aromatic rings. The van der Waals surface area contributed by atoms with Crippen molar-refractivity contribution in [3.8, 4) is 5.75 Å². The van der Waals surface area contributed by atoms with E-state index in [-0.39, 0.29) is 30.9 Å². The van der Waals surface area contributed by atoms with Crippen LogP contribution < -0.4 is 10.1 Å². The first kappa shape index (κ1) is 17.9. The standard InChI is InChI=1S/C19H22FNO3/c1-14(12-15-6-2-4-8-17(15)20)19(23)21-13-16-7-3-5-9-18(16)24-11-10-22/h2-9,14,22H,10-13H2,1H3,(H,21,23). The van der Waals surface area contributed by atoms with E-state index >= 15 is 0 Å². The van der Waals surface area contributed by atoms with Gasteiger partial charge in [-0.3, -0.25) is 4.79 Å². The van der Waals surface area contributed by atoms with E-state index in [0.717, 1.165) is 5.56 Å². The molecule has 2 rings (SSSR count). The summed E-state index contributed by atoms with van der Waals surface area (Å²) in [5, 5.41) is 11.7. The predicted molar refractivity (Wildman–Crippen MR) is 90.1 cm³/mol. The molecular weight excluding hydrogens is 309 g/mol. The number of carbonyl (C=O) groups is 1. The number of nitrogens with one attached hydrogen (secondary N) is 1. The fourth-order valence-corrected chi connectivity index (χ4v) is 2.39. The fourth-order valence-electron chi connectivity index (χ4n) is 2.39. The maximum Gasteiger partial charge on any atom is 0.223 e. The van der Waals surface area contributed by atoms with Gasteiger partial charge in [0.25, 0.3) is 0 Å². The first-order valence-corrected chi connectivity index (χ1v) is 7.94. The molecule has 0 aromatic heterocycles. The van der Waals surface area contributed by atoms with Gasteiger partial charge in [-0.15, -0.1) is 0 Å². The van der Waals surface area contributed by atoms with E-state index in [0.29, 0.717) is 24.3 Å². The number of para-hydroxylation sites is 1. The first-order chi connectivity index (χ1) is 11.6. The van der Waals surface area contributed by atoms with Crippen molar-refractivity contribution in [3.05, 3.63) is 65.5 Å². The molecule has 0 aliphatic rings. The number of carbonyl (C=O) groups excluding carboxylic acids is 1. The molecule has 2 aromatic carbocycles. The fraction of sp³-hybridized carbons (Fsp3) is 0.316. The predicted octanol–water partition coefficient (Wildman–Crippen LogP) is 2.69. The van der Waals surface area contributed by atoms with E-state index in [1.54, 1.807) is 31.2 Å². The minimum absolute atomic E-state index is 0.0691. The highest BCUT2D eigenvalue weighted by atomic mass is 19.1. The summed E-state index contributed by atoms with van der Waals surface area (Å²) in [6, 6.07) is 13.8. The van der Waals surface area contributed by atoms with Gasteiger partial charge in [0.15, 0.2) is 0 Å². The Morgan fingerprint density at radius 3 is 2.54 bits per heavy atom. The number of halogens is 1. The number of benzene rings is 2. The minimum atomic E-state index is -0.340. The molecule has 4 nitrogen and oxygen atoms in total. The van der Waals surface area contributed by atoms with E-state index in [9.17, 15) is 9.18 Å². The van der Waals surface area contributed by atoms with Crippen LogP contribution in [0.2, 0.25) is 0 Å². The molecule has 0 saturated heterocycles. The summed E-state index contributed by atoms with van der Waals surface area (Å²) in [4.78, 5) is 12.2. The molecule has 2 N–H and O–H groups in total.